The molecule has 0 aliphatic carbocycles. The smallest absolute Gasteiger partial charge is 0.397 e. The predicted molar refractivity (Wildman–Crippen MR) is 182 cm³/mol. The lowest BCUT2D eigenvalue weighted by Crippen LogP contribution is -2.48. The largest absolute Gasteiger partial charge is 0.500 e. The van der Waals surface area contributed by atoms with Crippen molar-refractivity contribution in [2.75, 3.05) is 66.3 Å². The zero-order chi connectivity index (χ0) is 30.5. The van der Waals surface area contributed by atoms with E-state index in [1.54, 1.807) is 37.3 Å². The van der Waals surface area contributed by atoms with Gasteiger partial charge in [0.1, 0.15) is 0 Å². The number of nitrogens with zero attached hydrogens (tertiary/aromatic N) is 1. The first kappa shape index (κ1) is 37.9. The van der Waals surface area contributed by atoms with Gasteiger partial charge in [-0.15, -0.1) is 0 Å². The molecule has 0 aliphatic heterocycles. The van der Waals surface area contributed by atoms with Gasteiger partial charge in [-0.25, -0.2) is 0 Å². The lowest BCUT2D eigenvalue weighted by molar-refractivity contribution is 0.123. The number of nitrogens with one attached hydrogen (secondary N) is 1. The number of hydrogen-bond acceptors (Lipinski definition) is 7. The maximum absolute atomic E-state index is 6.08. The molecule has 0 saturated heterocycles. The van der Waals surface area contributed by atoms with Crippen LogP contribution in [0.5, 0.6) is 0 Å². The molecule has 1 aromatic rings. The second kappa shape index (κ2) is 18.5. The summed E-state index contributed by atoms with van der Waals surface area (Å²) in [6.45, 7) is 22.0. The lowest BCUT2D eigenvalue weighted by Gasteiger charge is -2.37. The highest BCUT2D eigenvalue weighted by atomic mass is 28.4. The molecule has 0 spiro atoms. The molecule has 1 atom stereocenters. The van der Waals surface area contributed by atoms with Crippen LogP contribution in [0.3, 0.4) is 0 Å². The summed E-state index contributed by atoms with van der Waals surface area (Å²) in [5, 5.41) is 6.84. The van der Waals surface area contributed by atoms with Gasteiger partial charge in [0.15, 0.2) is 0 Å². The van der Waals surface area contributed by atoms with Gasteiger partial charge in [-0.3, -0.25) is 0 Å². The molecule has 0 fully saturated rings. The van der Waals surface area contributed by atoms with Crippen LogP contribution in [-0.4, -0.2) is 106 Å². The Hall–Kier alpha value is -0.136. The van der Waals surface area contributed by atoms with E-state index in [4.69, 9.17) is 22.1 Å². The SMILES string of the molecule is CCN(CC)c1c(CC[Si]CNCCC[Si](OC)(OC)OC)c([Si](C)C)cc(C(C)[Si](C)(OC)OC)c1[Si](C)C. The van der Waals surface area contributed by atoms with E-state index in [0.717, 1.165) is 54.2 Å². The molecule has 0 bridgehead atoms. The fourth-order valence-electron chi connectivity index (χ4n) is 5.37. The minimum atomic E-state index is -2.47. The van der Waals surface area contributed by atoms with E-state index in [2.05, 4.69) is 69.8 Å². The van der Waals surface area contributed by atoms with Crippen LogP contribution < -0.4 is 20.6 Å². The quantitative estimate of drug-likeness (QED) is 0.161. The number of rotatable bonds is 21. The fourth-order valence-corrected chi connectivity index (χ4v) is 12.8. The molecule has 1 unspecified atom stereocenters. The van der Waals surface area contributed by atoms with E-state index < -0.39 is 35.0 Å². The molecule has 0 saturated carbocycles. The highest BCUT2D eigenvalue weighted by molar-refractivity contribution is 6.76. The van der Waals surface area contributed by atoms with Crippen molar-refractivity contribution in [2.45, 2.75) is 84.0 Å². The van der Waals surface area contributed by atoms with Gasteiger partial charge in [0.05, 0.1) is 27.1 Å². The Bertz CT molecular complexity index is 858. The first-order chi connectivity index (χ1) is 19.0. The summed E-state index contributed by atoms with van der Waals surface area (Å²) in [6.07, 6.45) is 3.19. The molecule has 0 heterocycles. The average Bonchev–Trinajstić information content (AvgIpc) is 2.96. The van der Waals surface area contributed by atoms with Gasteiger partial charge < -0.3 is 32.3 Å². The van der Waals surface area contributed by atoms with Crippen molar-refractivity contribution in [1.82, 2.24) is 5.32 Å². The molecule has 1 rings (SSSR count). The van der Waals surface area contributed by atoms with E-state index in [9.17, 15) is 0 Å². The third kappa shape index (κ3) is 9.69. The lowest BCUT2D eigenvalue weighted by atomic mass is 10.0. The van der Waals surface area contributed by atoms with E-state index in [-0.39, 0.29) is 5.54 Å². The fraction of sp³-hybridized carbons (Fsp3) is 0.786. The van der Waals surface area contributed by atoms with Gasteiger partial charge in [-0.1, -0.05) is 50.4 Å². The van der Waals surface area contributed by atoms with E-state index >= 15 is 0 Å². The number of benzene rings is 1. The summed E-state index contributed by atoms with van der Waals surface area (Å²) in [5.41, 5.74) is 4.90. The third-order valence-corrected chi connectivity index (χ3v) is 18.7. The van der Waals surface area contributed by atoms with Gasteiger partial charge in [-0.05, 0) is 62.3 Å². The zero-order valence-corrected chi connectivity index (χ0v) is 32.8. The Labute approximate surface area is 254 Å². The van der Waals surface area contributed by atoms with Crippen molar-refractivity contribution in [3.8, 4) is 0 Å². The second-order valence-corrected chi connectivity index (χ2v) is 24.1. The van der Waals surface area contributed by atoms with Crippen LogP contribution in [0.25, 0.3) is 0 Å². The van der Waals surface area contributed by atoms with E-state index in [0.29, 0.717) is 0 Å². The predicted octanol–water partition coefficient (Wildman–Crippen LogP) is 3.94. The van der Waals surface area contributed by atoms with Crippen molar-refractivity contribution in [2.24, 2.45) is 0 Å². The average molecular weight is 643 g/mol. The zero-order valence-electron chi connectivity index (χ0n) is 27.8. The summed E-state index contributed by atoms with van der Waals surface area (Å²) in [6, 6.07) is 4.62. The maximum Gasteiger partial charge on any atom is 0.500 e. The maximum atomic E-state index is 6.08. The molecule has 0 aromatic heterocycles. The Morgan fingerprint density at radius 1 is 0.925 bits per heavy atom. The monoisotopic (exact) mass is 642 g/mol. The Balaban J connectivity index is 3.25. The van der Waals surface area contributed by atoms with Crippen LogP contribution >= 0.6 is 0 Å². The van der Waals surface area contributed by atoms with Crippen molar-refractivity contribution in [3.63, 3.8) is 0 Å². The van der Waals surface area contributed by atoms with E-state index in [1.807, 2.05) is 14.2 Å². The summed E-state index contributed by atoms with van der Waals surface area (Å²) >= 11 is 0. The van der Waals surface area contributed by atoms with Crippen molar-refractivity contribution in [1.29, 1.82) is 0 Å². The summed E-state index contributed by atoms with van der Waals surface area (Å²) in [7, 11) is 3.35. The van der Waals surface area contributed by atoms with E-state index in [1.165, 1.54) is 17.3 Å². The van der Waals surface area contributed by atoms with Crippen molar-refractivity contribution in [3.05, 3.63) is 17.2 Å². The van der Waals surface area contributed by atoms with Crippen LogP contribution in [0.4, 0.5) is 5.69 Å². The number of anilines is 1. The molecule has 1 aromatic carbocycles. The summed E-state index contributed by atoms with van der Waals surface area (Å²) in [4.78, 5) is 2.63. The highest BCUT2D eigenvalue weighted by Crippen LogP contribution is 2.31. The van der Waals surface area contributed by atoms with Crippen LogP contribution in [0.2, 0.25) is 44.8 Å². The molecule has 0 amide bonds. The Kier molecular flexibility index (Phi) is 17.5. The van der Waals surface area contributed by atoms with Crippen molar-refractivity contribution < 1.29 is 22.1 Å². The standard InChI is InChI=1S/C28H58N2O5Si5/c1-14-30(15-2)27-24(17-19-36-22-29-18-16-20-40(33-6,34-7)35-8)26(37(9)10)21-25(28(27)38(11)12)23(3)39(13,31-4)32-5/h21,23,29H,14-20,22H2,1-13H3. The van der Waals surface area contributed by atoms with Gasteiger partial charge >= 0.3 is 17.4 Å². The van der Waals surface area contributed by atoms with Crippen LogP contribution in [0.15, 0.2) is 6.07 Å². The molecule has 0 aliphatic rings. The molecule has 230 valence electrons. The Morgan fingerprint density at radius 2 is 1.50 bits per heavy atom. The second-order valence-electron chi connectivity index (χ2n) is 10.9. The molecule has 12 heteroatoms. The molecule has 40 heavy (non-hydrogen) atoms. The molecule has 1 N–H and O–H groups in total. The summed E-state index contributed by atoms with van der Waals surface area (Å²) in [5.74, 6) is 0. The third-order valence-electron chi connectivity index (χ3n) is 8.19. The van der Waals surface area contributed by atoms with Crippen LogP contribution in [0.1, 0.15) is 43.9 Å². The summed E-state index contributed by atoms with van der Waals surface area (Å²) < 4.78 is 28.8. The Morgan fingerprint density at radius 3 is 1.95 bits per heavy atom. The minimum Gasteiger partial charge on any atom is -0.397 e. The van der Waals surface area contributed by atoms with Crippen LogP contribution in [0, 0.1) is 0 Å². The molecular formula is C28H58N2O5Si5. The van der Waals surface area contributed by atoms with Crippen LogP contribution in [-0.2, 0) is 28.6 Å². The number of hydrogen-bond donors (Lipinski definition) is 1. The van der Waals surface area contributed by atoms with Crippen molar-refractivity contribution >= 4 is 60.5 Å². The molecular weight excluding hydrogens is 585 g/mol. The minimum absolute atomic E-state index is 0.267. The topological polar surface area (TPSA) is 61.4 Å². The first-order valence-corrected chi connectivity index (χ1v) is 25.4. The van der Waals surface area contributed by atoms with Gasteiger partial charge in [0, 0.05) is 65.9 Å². The normalized spacial score (nSPS) is 13.5. The van der Waals surface area contributed by atoms with Gasteiger partial charge in [0.25, 0.3) is 0 Å². The first-order valence-electron chi connectivity index (χ1n) is 14.7. The van der Waals surface area contributed by atoms with Gasteiger partial charge in [0.2, 0.25) is 0 Å². The molecule has 7 nitrogen and oxygen atoms in total. The highest BCUT2D eigenvalue weighted by Gasteiger charge is 2.40. The van der Waals surface area contributed by atoms with Gasteiger partial charge in [-0.2, -0.15) is 0 Å². The molecule has 4 radical (unpaired) electrons.